The molecule has 120 valence electrons. The van der Waals surface area contributed by atoms with Crippen LogP contribution >= 0.6 is 0 Å². The number of nitrogens with one attached hydrogen (secondary N) is 2. The van der Waals surface area contributed by atoms with Crippen molar-refractivity contribution in [3.8, 4) is 0 Å². The summed E-state index contributed by atoms with van der Waals surface area (Å²) in [4.78, 5) is 16.6. The lowest BCUT2D eigenvalue weighted by Crippen LogP contribution is -2.26. The third-order valence-corrected chi connectivity index (χ3v) is 3.65. The smallest absolute Gasteiger partial charge is 0.253 e. The maximum atomic E-state index is 12.5. The number of aromatic nitrogens is 1. The Morgan fingerprint density at radius 2 is 1.71 bits per heavy atom. The Kier molecular flexibility index (Phi) is 5.20. The zero-order valence-corrected chi connectivity index (χ0v) is 13.3. The monoisotopic (exact) mass is 317 g/mol. The van der Waals surface area contributed by atoms with Gasteiger partial charge in [-0.2, -0.15) is 0 Å². The summed E-state index contributed by atoms with van der Waals surface area (Å²) >= 11 is 0. The van der Waals surface area contributed by atoms with Crippen LogP contribution in [0.4, 0.5) is 11.4 Å². The maximum Gasteiger partial charge on any atom is 0.253 e. The summed E-state index contributed by atoms with van der Waals surface area (Å²) in [5, 5.41) is 6.26. The van der Waals surface area contributed by atoms with Crippen molar-refractivity contribution in [2.45, 2.75) is 6.42 Å². The first-order valence-electron chi connectivity index (χ1n) is 7.91. The lowest BCUT2D eigenvalue weighted by molar-refractivity contribution is 0.0955. The molecule has 2 N–H and O–H groups in total. The van der Waals surface area contributed by atoms with Crippen LogP contribution in [-0.2, 0) is 6.42 Å². The average Bonchev–Trinajstić information content (AvgIpc) is 2.64. The van der Waals surface area contributed by atoms with Gasteiger partial charge in [0.05, 0.1) is 11.3 Å². The Balaban J connectivity index is 1.64. The molecule has 1 aromatic heterocycles. The molecule has 0 unspecified atom stereocenters. The Hall–Kier alpha value is -3.14. The summed E-state index contributed by atoms with van der Waals surface area (Å²) in [5.74, 6) is -0.0853. The van der Waals surface area contributed by atoms with Crippen LogP contribution in [0.1, 0.15) is 15.9 Å². The van der Waals surface area contributed by atoms with Crippen LogP contribution in [0, 0.1) is 0 Å². The second-order valence-electron chi connectivity index (χ2n) is 5.40. The fraction of sp³-hybridized carbons (Fsp3) is 0.100. The number of para-hydroxylation sites is 2. The second-order valence-corrected chi connectivity index (χ2v) is 5.40. The van der Waals surface area contributed by atoms with Crippen molar-refractivity contribution in [2.75, 3.05) is 11.9 Å². The summed E-state index contributed by atoms with van der Waals surface area (Å²) in [5.41, 5.74) is 3.48. The van der Waals surface area contributed by atoms with Crippen molar-refractivity contribution in [1.82, 2.24) is 10.3 Å². The van der Waals surface area contributed by atoms with Crippen LogP contribution in [0.15, 0.2) is 79.1 Å². The van der Waals surface area contributed by atoms with Gasteiger partial charge in [0.2, 0.25) is 0 Å². The molecule has 0 fully saturated rings. The standard InChI is InChI=1S/C20H19N3O/c24-20(22-14-12-16-7-6-13-21-15-16)18-10-4-5-11-19(18)23-17-8-2-1-3-9-17/h1-11,13,15,23H,12,14H2,(H,22,24). The minimum absolute atomic E-state index is 0.0853. The summed E-state index contributed by atoms with van der Waals surface area (Å²) in [6.07, 6.45) is 4.32. The van der Waals surface area contributed by atoms with Crippen LogP contribution in [0.25, 0.3) is 0 Å². The van der Waals surface area contributed by atoms with E-state index in [1.165, 1.54) is 0 Å². The van der Waals surface area contributed by atoms with Gasteiger partial charge in [0.15, 0.2) is 0 Å². The number of rotatable bonds is 6. The van der Waals surface area contributed by atoms with Crippen molar-refractivity contribution in [2.24, 2.45) is 0 Å². The van der Waals surface area contributed by atoms with Crippen LogP contribution in [0.5, 0.6) is 0 Å². The molecule has 0 bridgehead atoms. The van der Waals surface area contributed by atoms with Crippen LogP contribution in [0.2, 0.25) is 0 Å². The van der Waals surface area contributed by atoms with Gasteiger partial charge < -0.3 is 10.6 Å². The molecule has 0 aliphatic heterocycles. The first-order chi connectivity index (χ1) is 11.8. The number of carbonyl (C=O) groups is 1. The molecule has 0 spiro atoms. The number of nitrogens with zero attached hydrogens (tertiary/aromatic N) is 1. The highest BCUT2D eigenvalue weighted by Gasteiger charge is 2.10. The zero-order chi connectivity index (χ0) is 16.6. The van der Waals surface area contributed by atoms with Crippen molar-refractivity contribution >= 4 is 17.3 Å². The van der Waals surface area contributed by atoms with E-state index in [-0.39, 0.29) is 5.91 Å². The van der Waals surface area contributed by atoms with Gasteiger partial charge in [-0.15, -0.1) is 0 Å². The SMILES string of the molecule is O=C(NCCc1cccnc1)c1ccccc1Nc1ccccc1. The fourth-order valence-electron chi connectivity index (χ4n) is 2.43. The lowest BCUT2D eigenvalue weighted by atomic mass is 10.1. The quantitative estimate of drug-likeness (QED) is 0.727. The number of carbonyl (C=O) groups excluding carboxylic acids is 1. The highest BCUT2D eigenvalue weighted by molar-refractivity contribution is 6.00. The molecule has 3 rings (SSSR count). The van der Waals surface area contributed by atoms with E-state index in [1.807, 2.05) is 72.9 Å². The first-order valence-corrected chi connectivity index (χ1v) is 7.91. The molecule has 4 nitrogen and oxygen atoms in total. The van der Waals surface area contributed by atoms with Crippen molar-refractivity contribution in [3.05, 3.63) is 90.3 Å². The largest absolute Gasteiger partial charge is 0.355 e. The highest BCUT2D eigenvalue weighted by Crippen LogP contribution is 2.20. The zero-order valence-electron chi connectivity index (χ0n) is 13.3. The van der Waals surface area contributed by atoms with Crippen LogP contribution in [-0.4, -0.2) is 17.4 Å². The van der Waals surface area contributed by atoms with Gasteiger partial charge in [-0.25, -0.2) is 0 Å². The molecule has 1 amide bonds. The van der Waals surface area contributed by atoms with Crippen LogP contribution < -0.4 is 10.6 Å². The highest BCUT2D eigenvalue weighted by atomic mass is 16.1. The van der Waals surface area contributed by atoms with Crippen molar-refractivity contribution < 1.29 is 4.79 Å². The molecule has 3 aromatic rings. The Morgan fingerprint density at radius 3 is 2.50 bits per heavy atom. The predicted octanol–water partition coefficient (Wildman–Crippen LogP) is 3.80. The van der Waals surface area contributed by atoms with Gasteiger partial charge in [-0.1, -0.05) is 36.4 Å². The number of benzene rings is 2. The third-order valence-electron chi connectivity index (χ3n) is 3.65. The molecule has 0 radical (unpaired) electrons. The molecule has 1 heterocycles. The van der Waals surface area contributed by atoms with Gasteiger partial charge in [0, 0.05) is 24.6 Å². The van der Waals surface area contributed by atoms with Gasteiger partial charge in [-0.05, 0) is 42.3 Å². The summed E-state index contributed by atoms with van der Waals surface area (Å²) < 4.78 is 0. The van der Waals surface area contributed by atoms with E-state index in [0.717, 1.165) is 23.4 Å². The van der Waals surface area contributed by atoms with Gasteiger partial charge in [-0.3, -0.25) is 9.78 Å². The topological polar surface area (TPSA) is 54.0 Å². The normalized spacial score (nSPS) is 10.2. The van der Waals surface area contributed by atoms with E-state index in [4.69, 9.17) is 0 Å². The molecule has 0 saturated carbocycles. The second kappa shape index (κ2) is 7.92. The lowest BCUT2D eigenvalue weighted by Gasteiger charge is -2.12. The Morgan fingerprint density at radius 1 is 0.917 bits per heavy atom. The van der Waals surface area contributed by atoms with E-state index < -0.39 is 0 Å². The minimum atomic E-state index is -0.0853. The van der Waals surface area contributed by atoms with E-state index in [2.05, 4.69) is 15.6 Å². The molecular weight excluding hydrogens is 298 g/mol. The van der Waals surface area contributed by atoms with E-state index >= 15 is 0 Å². The fourth-order valence-corrected chi connectivity index (χ4v) is 2.43. The number of hydrogen-bond acceptors (Lipinski definition) is 3. The molecule has 0 aliphatic carbocycles. The molecule has 0 saturated heterocycles. The molecule has 0 aliphatic rings. The molecule has 4 heteroatoms. The molecular formula is C20H19N3O. The first kappa shape index (κ1) is 15.7. The molecule has 24 heavy (non-hydrogen) atoms. The predicted molar refractivity (Wildman–Crippen MR) is 96.4 cm³/mol. The Bertz CT molecular complexity index is 788. The third kappa shape index (κ3) is 4.20. The number of hydrogen-bond donors (Lipinski definition) is 2. The van der Waals surface area contributed by atoms with Gasteiger partial charge >= 0.3 is 0 Å². The van der Waals surface area contributed by atoms with E-state index in [0.29, 0.717) is 12.1 Å². The summed E-state index contributed by atoms with van der Waals surface area (Å²) in [7, 11) is 0. The summed E-state index contributed by atoms with van der Waals surface area (Å²) in [6, 6.07) is 21.2. The average molecular weight is 317 g/mol. The maximum absolute atomic E-state index is 12.5. The van der Waals surface area contributed by atoms with E-state index in [1.54, 1.807) is 6.20 Å². The van der Waals surface area contributed by atoms with Crippen molar-refractivity contribution in [1.29, 1.82) is 0 Å². The Labute approximate surface area is 141 Å². The van der Waals surface area contributed by atoms with Gasteiger partial charge in [0.25, 0.3) is 5.91 Å². The number of pyridine rings is 1. The molecule has 0 atom stereocenters. The van der Waals surface area contributed by atoms with Crippen molar-refractivity contribution in [3.63, 3.8) is 0 Å². The van der Waals surface area contributed by atoms with E-state index in [9.17, 15) is 4.79 Å². The van der Waals surface area contributed by atoms with Crippen LogP contribution in [0.3, 0.4) is 0 Å². The molecule has 2 aromatic carbocycles. The summed E-state index contributed by atoms with van der Waals surface area (Å²) in [6.45, 7) is 0.574. The van der Waals surface area contributed by atoms with Gasteiger partial charge in [0.1, 0.15) is 0 Å². The number of anilines is 2. The minimum Gasteiger partial charge on any atom is -0.355 e. The number of amides is 1.